The first-order valence-electron chi connectivity index (χ1n) is 15.5. The molecule has 3 heterocycles. The van der Waals surface area contributed by atoms with Gasteiger partial charge in [-0.1, -0.05) is 13.0 Å². The van der Waals surface area contributed by atoms with Crippen molar-refractivity contribution in [1.29, 1.82) is 0 Å². The summed E-state index contributed by atoms with van der Waals surface area (Å²) in [6.45, 7) is 7.24. The molecule has 5 N–H and O–H groups in total. The fourth-order valence-electron chi connectivity index (χ4n) is 6.02. The van der Waals surface area contributed by atoms with Crippen LogP contribution >= 0.6 is 0 Å². The normalized spacial score (nSPS) is 13.8. The molecule has 2 aromatic heterocycles. The van der Waals surface area contributed by atoms with Crippen molar-refractivity contribution in [2.24, 2.45) is 0 Å². The number of nitrogens with zero attached hydrogens (tertiary/aromatic N) is 3. The van der Waals surface area contributed by atoms with Crippen LogP contribution in [0.5, 0.6) is 0 Å². The molecule has 1 fully saturated rings. The number of anilines is 3. The van der Waals surface area contributed by atoms with E-state index in [4.69, 9.17) is 0 Å². The number of pyridine rings is 1. The number of halogens is 1. The molecule has 2 aromatic carbocycles. The lowest BCUT2D eigenvalue weighted by Crippen LogP contribution is -2.47. The molecule has 0 radical (unpaired) electrons. The van der Waals surface area contributed by atoms with Crippen LogP contribution in [-0.2, 0) is 19.4 Å². The molecule has 0 bridgehead atoms. The van der Waals surface area contributed by atoms with Crippen molar-refractivity contribution in [3.8, 4) is 0 Å². The van der Waals surface area contributed by atoms with Crippen molar-refractivity contribution in [1.82, 2.24) is 19.4 Å². The Hall–Kier alpha value is -4.75. The number of hydrogen-bond acceptors (Lipinski definition) is 8. The highest BCUT2D eigenvalue weighted by molar-refractivity contribution is 5.94. The van der Waals surface area contributed by atoms with Gasteiger partial charge in [-0.2, -0.15) is 0 Å². The van der Waals surface area contributed by atoms with E-state index in [1.807, 2.05) is 30.0 Å². The lowest BCUT2D eigenvalue weighted by molar-refractivity contribution is 0.0693. The summed E-state index contributed by atoms with van der Waals surface area (Å²) in [5.41, 5.74) is 1.78. The summed E-state index contributed by atoms with van der Waals surface area (Å²) in [6.07, 6.45) is 2.24. The Kier molecular flexibility index (Phi) is 10.0. The molecule has 0 atom stereocenters. The van der Waals surface area contributed by atoms with E-state index in [0.29, 0.717) is 56.2 Å². The molecule has 1 aliphatic heterocycles. The Balaban J connectivity index is 1.15. The van der Waals surface area contributed by atoms with Crippen LogP contribution < -0.4 is 26.9 Å². The summed E-state index contributed by atoms with van der Waals surface area (Å²) in [5, 5.41) is 21.9. The first kappa shape index (κ1) is 32.6. The van der Waals surface area contributed by atoms with Crippen LogP contribution in [0.3, 0.4) is 0 Å². The van der Waals surface area contributed by atoms with Crippen LogP contribution in [0.15, 0.2) is 50.8 Å². The van der Waals surface area contributed by atoms with Gasteiger partial charge < -0.3 is 25.4 Å². The van der Waals surface area contributed by atoms with Gasteiger partial charge in [-0.3, -0.25) is 24.0 Å². The van der Waals surface area contributed by atoms with Gasteiger partial charge in [-0.25, -0.2) is 14.0 Å². The number of unbranched alkanes of at least 4 members (excludes halogenated alkanes) is 1. The highest BCUT2D eigenvalue weighted by atomic mass is 19.1. The van der Waals surface area contributed by atoms with E-state index in [-0.39, 0.29) is 29.7 Å². The molecule has 0 saturated carbocycles. The predicted octanol–water partition coefficient (Wildman–Crippen LogP) is 2.97. The summed E-state index contributed by atoms with van der Waals surface area (Å²) >= 11 is 0. The zero-order valence-corrected chi connectivity index (χ0v) is 26.0. The van der Waals surface area contributed by atoms with Crippen LogP contribution in [0.4, 0.5) is 21.6 Å². The standard InChI is InChI=1S/C33H39FN6O6/c1-3-21-16-22(7-6-20(21)2)35-28-19-29(42)40(33(46)37-28)10-5-4-9-38-11-13-39(14-12-38)27-18-26-23(17-24(27)34)31(43)30(32(44)45)25(36-26)8-15-41/h6-7,16-19,35,41H,3-5,8-15H2,1-2H3,(H,36,43)(H,37,46)(H,44,45). The lowest BCUT2D eigenvalue weighted by atomic mass is 10.1. The minimum absolute atomic E-state index is 0.0441. The second-order valence-electron chi connectivity index (χ2n) is 11.6. The molecular weight excluding hydrogens is 595 g/mol. The average Bonchev–Trinajstić information content (AvgIpc) is 3.02. The van der Waals surface area contributed by atoms with Crippen molar-refractivity contribution < 1.29 is 19.4 Å². The van der Waals surface area contributed by atoms with Gasteiger partial charge in [-0.05, 0) is 68.1 Å². The zero-order chi connectivity index (χ0) is 33.0. The Labute approximate surface area is 264 Å². The number of aliphatic hydroxyl groups is 1. The predicted molar refractivity (Wildman–Crippen MR) is 175 cm³/mol. The molecule has 12 nitrogen and oxygen atoms in total. The molecule has 0 unspecified atom stereocenters. The summed E-state index contributed by atoms with van der Waals surface area (Å²) in [5.74, 6) is -1.69. The number of aromatic nitrogens is 3. The fraction of sp³-hybridized carbons (Fsp3) is 0.394. The highest BCUT2D eigenvalue weighted by Crippen LogP contribution is 2.26. The number of carboxylic acids is 1. The molecule has 5 rings (SSSR count). The van der Waals surface area contributed by atoms with Crippen LogP contribution in [-0.4, -0.2) is 74.9 Å². The third-order valence-electron chi connectivity index (χ3n) is 8.57. The summed E-state index contributed by atoms with van der Waals surface area (Å²) in [6, 6.07) is 9.90. The largest absolute Gasteiger partial charge is 0.477 e. The molecule has 0 spiro atoms. The van der Waals surface area contributed by atoms with Gasteiger partial charge in [0.15, 0.2) is 0 Å². The first-order valence-corrected chi connectivity index (χ1v) is 15.5. The van der Waals surface area contributed by atoms with E-state index in [0.717, 1.165) is 31.1 Å². The smallest absolute Gasteiger partial charge is 0.341 e. The van der Waals surface area contributed by atoms with Crippen LogP contribution in [0.1, 0.15) is 46.9 Å². The summed E-state index contributed by atoms with van der Waals surface area (Å²) in [4.78, 5) is 59.6. The molecular formula is C33H39FN6O6. The number of hydrogen-bond donors (Lipinski definition) is 5. The third-order valence-corrected chi connectivity index (χ3v) is 8.57. The second kappa shape index (κ2) is 14.1. The molecule has 244 valence electrons. The molecule has 46 heavy (non-hydrogen) atoms. The Morgan fingerprint density at radius 1 is 1.00 bits per heavy atom. The minimum atomic E-state index is -1.43. The zero-order valence-electron chi connectivity index (χ0n) is 26.0. The Morgan fingerprint density at radius 3 is 2.41 bits per heavy atom. The average molecular weight is 635 g/mol. The second-order valence-corrected chi connectivity index (χ2v) is 11.6. The van der Waals surface area contributed by atoms with Gasteiger partial charge in [0.25, 0.3) is 5.56 Å². The van der Waals surface area contributed by atoms with Gasteiger partial charge in [0.2, 0.25) is 5.43 Å². The van der Waals surface area contributed by atoms with Crippen LogP contribution in [0, 0.1) is 12.7 Å². The molecule has 0 aliphatic carbocycles. The van der Waals surface area contributed by atoms with Gasteiger partial charge in [0.1, 0.15) is 17.2 Å². The molecule has 4 aromatic rings. The lowest BCUT2D eigenvalue weighted by Gasteiger charge is -2.36. The number of aromatic amines is 2. The topological polar surface area (TPSA) is 164 Å². The number of carbonyl (C=O) groups is 1. The fourth-order valence-corrected chi connectivity index (χ4v) is 6.02. The summed E-state index contributed by atoms with van der Waals surface area (Å²) in [7, 11) is 0. The SMILES string of the molecule is CCc1cc(Nc2cc(=O)n(CCCCN3CCN(c4cc5[nH]c(CCO)c(C(=O)O)c(=O)c5cc4F)CC3)c(=O)[nH]2)ccc1C. The van der Waals surface area contributed by atoms with Crippen molar-refractivity contribution >= 4 is 34.1 Å². The molecule has 13 heteroatoms. The van der Waals surface area contributed by atoms with Crippen molar-refractivity contribution in [2.75, 3.05) is 49.5 Å². The van der Waals surface area contributed by atoms with E-state index < -0.39 is 28.5 Å². The Bertz CT molecular complexity index is 1890. The van der Waals surface area contributed by atoms with E-state index >= 15 is 4.39 Å². The van der Waals surface area contributed by atoms with Gasteiger partial charge >= 0.3 is 11.7 Å². The van der Waals surface area contributed by atoms with Crippen molar-refractivity contribution in [3.63, 3.8) is 0 Å². The molecule has 1 saturated heterocycles. The third kappa shape index (κ3) is 7.05. The quantitative estimate of drug-likeness (QED) is 0.147. The first-order chi connectivity index (χ1) is 22.1. The van der Waals surface area contributed by atoms with E-state index in [2.05, 4.69) is 27.1 Å². The number of fused-ring (bicyclic) bond motifs is 1. The van der Waals surface area contributed by atoms with Crippen LogP contribution in [0.25, 0.3) is 10.9 Å². The monoisotopic (exact) mass is 634 g/mol. The van der Waals surface area contributed by atoms with Crippen molar-refractivity contribution in [2.45, 2.75) is 46.1 Å². The number of piperazine rings is 1. The number of H-pyrrole nitrogens is 2. The number of carboxylic acid groups (broad SMARTS) is 1. The van der Waals surface area contributed by atoms with E-state index in [1.54, 1.807) is 0 Å². The summed E-state index contributed by atoms with van der Waals surface area (Å²) < 4.78 is 16.4. The number of aromatic carboxylic acids is 1. The number of nitrogens with one attached hydrogen (secondary N) is 3. The molecule has 0 amide bonds. The van der Waals surface area contributed by atoms with Crippen LogP contribution in [0.2, 0.25) is 0 Å². The molecule has 1 aliphatic rings. The minimum Gasteiger partial charge on any atom is -0.477 e. The van der Waals surface area contributed by atoms with Gasteiger partial charge in [0.05, 0.1) is 11.2 Å². The number of rotatable bonds is 12. The maximum Gasteiger partial charge on any atom is 0.341 e. The maximum absolute atomic E-state index is 15.2. The van der Waals surface area contributed by atoms with E-state index in [9.17, 15) is 29.4 Å². The maximum atomic E-state index is 15.2. The number of aryl methyl sites for hydroxylation is 2. The Morgan fingerprint density at radius 2 is 1.74 bits per heavy atom. The highest BCUT2D eigenvalue weighted by Gasteiger charge is 2.23. The van der Waals surface area contributed by atoms with Gasteiger partial charge in [0, 0.05) is 68.6 Å². The number of aliphatic hydroxyl groups excluding tert-OH is 1. The van der Waals surface area contributed by atoms with E-state index in [1.165, 1.54) is 27.8 Å². The van der Waals surface area contributed by atoms with Crippen molar-refractivity contribution in [3.05, 3.63) is 95.7 Å². The van der Waals surface area contributed by atoms with Gasteiger partial charge in [-0.15, -0.1) is 0 Å². The number of benzene rings is 2.